The molecule has 0 unspecified atom stereocenters. The van der Waals surface area contributed by atoms with Crippen molar-refractivity contribution in [1.29, 1.82) is 0 Å². The molecule has 116 valence electrons. The molecule has 0 aromatic heterocycles. The highest BCUT2D eigenvalue weighted by Crippen LogP contribution is 2.29. The van der Waals surface area contributed by atoms with E-state index in [-0.39, 0.29) is 43.6 Å². The van der Waals surface area contributed by atoms with E-state index in [0.717, 1.165) is 0 Å². The number of aliphatic hydroxyl groups is 2. The number of hydrogen-bond donors (Lipinski definition) is 2. The molecule has 0 atom stereocenters. The van der Waals surface area contributed by atoms with Gasteiger partial charge in [-0.25, -0.2) is 0 Å². The number of benzene rings is 1. The number of carbonyl (C=O) groups excluding carboxylic acids is 1. The second-order valence-corrected chi connectivity index (χ2v) is 4.59. The lowest BCUT2D eigenvalue weighted by Gasteiger charge is -2.23. The molecule has 1 amide bonds. The van der Waals surface area contributed by atoms with E-state index in [1.807, 2.05) is 0 Å². The minimum atomic E-state index is -0.555. The molecule has 0 fully saturated rings. The summed E-state index contributed by atoms with van der Waals surface area (Å²) in [5.41, 5.74) is 0.337. The third kappa shape index (κ3) is 4.14. The fourth-order valence-electron chi connectivity index (χ4n) is 1.92. The van der Waals surface area contributed by atoms with Crippen LogP contribution in [-0.4, -0.2) is 66.3 Å². The zero-order valence-corrected chi connectivity index (χ0v) is 12.0. The van der Waals surface area contributed by atoms with Gasteiger partial charge in [0.1, 0.15) is 5.69 Å². The fraction of sp³-hybridized carbons (Fsp3) is 0.462. The molecule has 0 radical (unpaired) electrons. The SMILES string of the molecule is CN(C)C(=O)c1ccc([N+](=O)[O-])c(N(CCO)CCO)c1. The van der Waals surface area contributed by atoms with Gasteiger partial charge in [0.2, 0.25) is 0 Å². The highest BCUT2D eigenvalue weighted by Gasteiger charge is 2.21. The zero-order chi connectivity index (χ0) is 16.0. The van der Waals surface area contributed by atoms with Crippen LogP contribution in [0, 0.1) is 10.1 Å². The van der Waals surface area contributed by atoms with Crippen LogP contribution in [0.15, 0.2) is 18.2 Å². The average Bonchev–Trinajstić information content (AvgIpc) is 2.45. The van der Waals surface area contributed by atoms with Crippen LogP contribution in [-0.2, 0) is 0 Å². The Bertz CT molecular complexity index is 513. The normalized spacial score (nSPS) is 10.3. The number of amides is 1. The van der Waals surface area contributed by atoms with Crippen molar-refractivity contribution in [2.24, 2.45) is 0 Å². The highest BCUT2D eigenvalue weighted by atomic mass is 16.6. The molecule has 21 heavy (non-hydrogen) atoms. The first kappa shape index (κ1) is 16.9. The van der Waals surface area contributed by atoms with Gasteiger partial charge in [-0.3, -0.25) is 14.9 Å². The molecule has 0 saturated carbocycles. The lowest BCUT2D eigenvalue weighted by molar-refractivity contribution is -0.384. The summed E-state index contributed by atoms with van der Waals surface area (Å²) in [6.45, 7) is -0.186. The van der Waals surface area contributed by atoms with Crippen molar-refractivity contribution in [3.05, 3.63) is 33.9 Å². The van der Waals surface area contributed by atoms with Crippen LogP contribution in [0.1, 0.15) is 10.4 Å². The summed E-state index contributed by atoms with van der Waals surface area (Å²) in [4.78, 5) is 25.4. The maximum absolute atomic E-state index is 12.0. The summed E-state index contributed by atoms with van der Waals surface area (Å²) < 4.78 is 0. The van der Waals surface area contributed by atoms with Gasteiger partial charge in [-0.15, -0.1) is 0 Å². The number of nitro groups is 1. The zero-order valence-electron chi connectivity index (χ0n) is 12.0. The van der Waals surface area contributed by atoms with E-state index in [9.17, 15) is 14.9 Å². The molecule has 1 aromatic carbocycles. The predicted octanol–water partition coefficient (Wildman–Crippen LogP) is 0.0876. The van der Waals surface area contributed by atoms with Crippen LogP contribution in [0.25, 0.3) is 0 Å². The Morgan fingerprint density at radius 2 is 1.81 bits per heavy atom. The molecule has 0 heterocycles. The summed E-state index contributed by atoms with van der Waals surface area (Å²) in [5.74, 6) is -0.279. The van der Waals surface area contributed by atoms with E-state index >= 15 is 0 Å². The standard InChI is InChI=1S/C13H19N3O5/c1-14(2)13(19)10-3-4-11(16(20)21)12(9-10)15(5-7-17)6-8-18/h3-4,9,17-18H,5-8H2,1-2H3. The van der Waals surface area contributed by atoms with Gasteiger partial charge in [0.15, 0.2) is 0 Å². The van der Waals surface area contributed by atoms with E-state index in [1.165, 1.54) is 28.0 Å². The third-order valence-corrected chi connectivity index (χ3v) is 2.91. The first-order valence-corrected chi connectivity index (χ1v) is 6.39. The maximum Gasteiger partial charge on any atom is 0.292 e. The third-order valence-electron chi connectivity index (χ3n) is 2.91. The molecular formula is C13H19N3O5. The van der Waals surface area contributed by atoms with E-state index in [2.05, 4.69) is 0 Å². The number of nitrogens with zero attached hydrogens (tertiary/aromatic N) is 3. The largest absolute Gasteiger partial charge is 0.395 e. The summed E-state index contributed by atoms with van der Waals surface area (Å²) in [7, 11) is 3.17. The molecule has 0 aliphatic carbocycles. The van der Waals surface area contributed by atoms with Gasteiger partial charge in [-0.2, -0.15) is 0 Å². The second-order valence-electron chi connectivity index (χ2n) is 4.59. The van der Waals surface area contributed by atoms with E-state index in [0.29, 0.717) is 5.56 Å². The first-order valence-electron chi connectivity index (χ1n) is 6.39. The molecule has 0 saturated heterocycles. The average molecular weight is 297 g/mol. The van der Waals surface area contributed by atoms with E-state index < -0.39 is 4.92 Å². The van der Waals surface area contributed by atoms with Crippen molar-refractivity contribution < 1.29 is 19.9 Å². The Morgan fingerprint density at radius 1 is 1.24 bits per heavy atom. The number of rotatable bonds is 7. The van der Waals surface area contributed by atoms with E-state index in [4.69, 9.17) is 10.2 Å². The van der Waals surface area contributed by atoms with Crippen LogP contribution in [0.4, 0.5) is 11.4 Å². The molecule has 0 aliphatic rings. The quantitative estimate of drug-likeness (QED) is 0.545. The second kappa shape index (κ2) is 7.55. The lowest BCUT2D eigenvalue weighted by atomic mass is 10.1. The number of anilines is 1. The molecule has 1 aromatic rings. The Labute approximate surface area is 122 Å². The monoisotopic (exact) mass is 297 g/mol. The topological polar surface area (TPSA) is 107 Å². The minimum Gasteiger partial charge on any atom is -0.395 e. The van der Waals surface area contributed by atoms with Gasteiger partial charge in [0, 0.05) is 38.8 Å². The number of hydrogen-bond acceptors (Lipinski definition) is 6. The van der Waals surface area contributed by atoms with Crippen molar-refractivity contribution in [2.45, 2.75) is 0 Å². The van der Waals surface area contributed by atoms with Gasteiger partial charge >= 0.3 is 0 Å². The summed E-state index contributed by atoms with van der Waals surface area (Å²) >= 11 is 0. The van der Waals surface area contributed by atoms with Gasteiger partial charge in [-0.1, -0.05) is 0 Å². The Morgan fingerprint density at radius 3 is 2.24 bits per heavy atom. The van der Waals surface area contributed by atoms with Crippen LogP contribution < -0.4 is 4.90 Å². The summed E-state index contributed by atoms with van der Waals surface area (Å²) in [6, 6.07) is 4.06. The van der Waals surface area contributed by atoms with Crippen molar-refractivity contribution in [3.8, 4) is 0 Å². The Kier molecular flexibility index (Phi) is 6.07. The highest BCUT2D eigenvalue weighted by molar-refractivity contribution is 5.95. The summed E-state index contributed by atoms with van der Waals surface area (Å²) in [5, 5.41) is 29.2. The Hall–Kier alpha value is -2.19. The lowest BCUT2D eigenvalue weighted by Crippen LogP contribution is -2.31. The Balaban J connectivity index is 3.31. The fourth-order valence-corrected chi connectivity index (χ4v) is 1.92. The smallest absolute Gasteiger partial charge is 0.292 e. The molecule has 8 nitrogen and oxygen atoms in total. The molecule has 0 bridgehead atoms. The predicted molar refractivity (Wildman–Crippen MR) is 77.5 cm³/mol. The van der Waals surface area contributed by atoms with Crippen LogP contribution in [0.5, 0.6) is 0 Å². The number of nitro benzene ring substituents is 1. The number of carbonyl (C=O) groups is 1. The molecule has 2 N–H and O–H groups in total. The van der Waals surface area contributed by atoms with Crippen LogP contribution in [0.3, 0.4) is 0 Å². The molecule has 1 rings (SSSR count). The van der Waals surface area contributed by atoms with Gasteiger partial charge in [0.05, 0.1) is 18.1 Å². The van der Waals surface area contributed by atoms with Crippen LogP contribution in [0.2, 0.25) is 0 Å². The van der Waals surface area contributed by atoms with Gasteiger partial charge in [0.25, 0.3) is 11.6 Å². The summed E-state index contributed by atoms with van der Waals surface area (Å²) in [6.07, 6.45) is 0. The van der Waals surface area contributed by atoms with Crippen LogP contribution >= 0.6 is 0 Å². The molecule has 8 heteroatoms. The van der Waals surface area contributed by atoms with Crippen molar-refractivity contribution in [3.63, 3.8) is 0 Å². The minimum absolute atomic E-state index is 0.126. The molecule has 0 aliphatic heterocycles. The molecular weight excluding hydrogens is 278 g/mol. The van der Waals surface area contributed by atoms with E-state index in [1.54, 1.807) is 14.1 Å². The van der Waals surface area contributed by atoms with Gasteiger partial charge < -0.3 is 20.0 Å². The van der Waals surface area contributed by atoms with Crippen molar-refractivity contribution in [2.75, 3.05) is 45.3 Å². The first-order chi connectivity index (χ1) is 9.92. The van der Waals surface area contributed by atoms with Crippen molar-refractivity contribution >= 4 is 17.3 Å². The van der Waals surface area contributed by atoms with Crippen molar-refractivity contribution in [1.82, 2.24) is 4.90 Å². The molecule has 0 spiro atoms. The van der Waals surface area contributed by atoms with Gasteiger partial charge in [-0.05, 0) is 12.1 Å². The number of aliphatic hydroxyl groups excluding tert-OH is 2. The maximum atomic E-state index is 12.0.